The lowest BCUT2D eigenvalue weighted by Crippen LogP contribution is -2.49. The quantitative estimate of drug-likeness (QED) is 0.00868. The van der Waals surface area contributed by atoms with E-state index in [0.29, 0.717) is 12.0 Å². The number of azide groups is 1. The van der Waals surface area contributed by atoms with E-state index in [1.54, 1.807) is 121 Å². The third kappa shape index (κ3) is 21.5. The van der Waals surface area contributed by atoms with E-state index in [1.807, 2.05) is 164 Å². The summed E-state index contributed by atoms with van der Waals surface area (Å²) in [5.41, 5.74) is 14.2. The standard InChI is InChI=1S/C90H87N3O21/c91-93-92-48-27-49-100-87-80(75(101-53-62-32-13-3-14-33-62)71(106-87)56-98-51-60-28-9-1-10-29-60)113-89-81(76(102-54-63-34-15-4-16-35-63)72(107-89)57-99-52-61-30-11-2-12-31-61)114-88-79(103-55-64-46-47-65-36-25-26-45-70(65)50-64)77(73(108-88)58-104-83(94)66-37-17-5-18-38-66)112-90-82(111-86(97)69-43-23-8-24-44-69)78(110-85(96)68-41-21-7-22-42-68)74(109-90)59-105-84(95)67-39-19-6-20-40-67/h1-26,28-47,50,71-82,87-90H,27,48-49,51-59H2/t71-,72-,73-,74-,75-,76-,77-,78-,79+,80+,81+,82+,87-,88+,89+,90-/m0/s1. The predicted octanol–water partition coefficient (Wildman–Crippen LogP) is 14.3. The summed E-state index contributed by atoms with van der Waals surface area (Å²) in [7, 11) is 0. The summed E-state index contributed by atoms with van der Waals surface area (Å²) in [4.78, 5) is 60.5. The average Bonchev–Trinajstić information content (AvgIpc) is 1.65. The summed E-state index contributed by atoms with van der Waals surface area (Å²) in [5.74, 6) is -3.14. The Morgan fingerprint density at radius 1 is 0.316 bits per heavy atom. The molecule has 4 aliphatic heterocycles. The molecule has 0 radical (unpaired) electrons. The van der Waals surface area contributed by atoms with Crippen LogP contribution < -0.4 is 0 Å². The number of nitrogens with zero attached hydrogens (tertiary/aromatic N) is 3. The highest BCUT2D eigenvalue weighted by molar-refractivity contribution is 5.91. The number of carbonyl (C=O) groups excluding carboxylic acids is 4. The largest absolute Gasteiger partial charge is 0.459 e. The molecule has 10 aromatic carbocycles. The second-order valence-electron chi connectivity index (χ2n) is 27.5. The van der Waals surface area contributed by atoms with Crippen LogP contribution in [0.3, 0.4) is 0 Å². The molecular weight excluding hydrogens is 1460 g/mol. The van der Waals surface area contributed by atoms with Crippen molar-refractivity contribution in [1.29, 1.82) is 0 Å². The number of ether oxygens (including phenoxy) is 17. The first-order valence-electron chi connectivity index (χ1n) is 38.0. The lowest BCUT2D eigenvalue weighted by Gasteiger charge is -2.33. The van der Waals surface area contributed by atoms with Crippen molar-refractivity contribution in [2.45, 2.75) is 138 Å². The van der Waals surface area contributed by atoms with Crippen molar-refractivity contribution in [3.05, 3.63) is 346 Å². The van der Waals surface area contributed by atoms with Crippen LogP contribution in [0.25, 0.3) is 21.2 Å². The fourth-order valence-electron chi connectivity index (χ4n) is 13.9. The van der Waals surface area contributed by atoms with Gasteiger partial charge >= 0.3 is 23.9 Å². The molecule has 24 nitrogen and oxygen atoms in total. The van der Waals surface area contributed by atoms with Gasteiger partial charge in [-0.15, -0.1) is 0 Å². The molecule has 10 aromatic rings. The summed E-state index contributed by atoms with van der Waals surface area (Å²) >= 11 is 0. The van der Waals surface area contributed by atoms with Crippen molar-refractivity contribution in [1.82, 2.24) is 0 Å². The minimum absolute atomic E-state index is 0.0214. The molecule has 114 heavy (non-hydrogen) atoms. The molecule has 0 amide bonds. The van der Waals surface area contributed by atoms with Crippen molar-refractivity contribution in [2.24, 2.45) is 5.11 Å². The lowest BCUT2D eigenvalue weighted by molar-refractivity contribution is -0.282. The van der Waals surface area contributed by atoms with E-state index in [1.165, 1.54) is 0 Å². The number of hydrogen-bond donors (Lipinski definition) is 0. The van der Waals surface area contributed by atoms with Gasteiger partial charge in [0.15, 0.2) is 37.4 Å². The smallest absolute Gasteiger partial charge is 0.338 e. The molecule has 0 aliphatic carbocycles. The van der Waals surface area contributed by atoms with E-state index in [2.05, 4.69) is 10.0 Å². The summed E-state index contributed by atoms with van der Waals surface area (Å²) in [6.07, 6.45) is -20.8. The van der Waals surface area contributed by atoms with Crippen molar-refractivity contribution in [3.8, 4) is 0 Å². The second kappa shape index (κ2) is 40.7. The zero-order valence-corrected chi connectivity index (χ0v) is 62.3. The normalized spacial score (nSPS) is 24.4. The SMILES string of the molecule is [N-]=[N+]=NCCCO[C@H]1O[C@@H](COCc2ccccc2)[C@H](OCc2ccccc2)[C@H]1O[C@H]1O[C@@H](COCc2ccccc2)[C@H](OCc2ccccc2)[C@H]1O[C@H]1O[C@@H](COC(=O)c2ccccc2)[C@H](O[C@@H]2O[C@@H](COC(=O)c3ccccc3)[C@H](OC(=O)c3ccccc3)[C@H]2OC(=O)c2ccccc2)[C@H]1OCc1ccc2ccccc2c1. The van der Waals surface area contributed by atoms with Gasteiger partial charge in [0.1, 0.15) is 74.3 Å². The van der Waals surface area contributed by atoms with Crippen molar-refractivity contribution in [3.63, 3.8) is 0 Å². The van der Waals surface area contributed by atoms with E-state index in [0.717, 1.165) is 33.0 Å². The Labute approximate surface area is 659 Å². The van der Waals surface area contributed by atoms with Crippen LogP contribution in [0.2, 0.25) is 0 Å². The maximum absolute atomic E-state index is 14.7. The van der Waals surface area contributed by atoms with Crippen LogP contribution in [0.15, 0.2) is 290 Å². The zero-order chi connectivity index (χ0) is 78.1. The Morgan fingerprint density at radius 2 is 0.667 bits per heavy atom. The third-order valence-corrected chi connectivity index (χ3v) is 19.6. The van der Waals surface area contributed by atoms with Crippen LogP contribution in [-0.4, -0.2) is 162 Å². The Morgan fingerprint density at radius 3 is 1.14 bits per heavy atom. The van der Waals surface area contributed by atoms with Gasteiger partial charge in [0.25, 0.3) is 0 Å². The molecule has 0 unspecified atom stereocenters. The maximum atomic E-state index is 14.7. The highest BCUT2D eigenvalue weighted by Gasteiger charge is 2.60. The number of carbonyl (C=O) groups is 4. The number of fused-ring (bicyclic) bond motifs is 1. The van der Waals surface area contributed by atoms with E-state index >= 15 is 0 Å². The van der Waals surface area contributed by atoms with Crippen LogP contribution in [0.4, 0.5) is 0 Å². The van der Waals surface area contributed by atoms with Crippen LogP contribution in [0.1, 0.15) is 75.7 Å². The molecule has 4 heterocycles. The molecule has 24 heteroatoms. The summed E-state index contributed by atoms with van der Waals surface area (Å²) in [6, 6.07) is 85.3. The van der Waals surface area contributed by atoms with Crippen LogP contribution >= 0.6 is 0 Å². The molecule has 0 aromatic heterocycles. The molecule has 4 saturated heterocycles. The first-order chi connectivity index (χ1) is 56.1. The highest BCUT2D eigenvalue weighted by atomic mass is 16.8. The monoisotopic (exact) mass is 1550 g/mol. The Hall–Kier alpha value is -10.9. The zero-order valence-electron chi connectivity index (χ0n) is 62.3. The molecule has 0 saturated carbocycles. The predicted molar refractivity (Wildman–Crippen MR) is 413 cm³/mol. The van der Waals surface area contributed by atoms with E-state index in [-0.39, 0.29) is 81.7 Å². The van der Waals surface area contributed by atoms with Gasteiger partial charge in [-0.1, -0.05) is 236 Å². The van der Waals surface area contributed by atoms with Crippen molar-refractivity contribution < 1.29 is 99.7 Å². The first kappa shape index (κ1) is 79.8. The number of rotatable bonds is 38. The third-order valence-electron chi connectivity index (χ3n) is 19.6. The van der Waals surface area contributed by atoms with Crippen molar-refractivity contribution in [2.75, 3.05) is 39.6 Å². The molecule has 0 bridgehead atoms. The van der Waals surface area contributed by atoms with Gasteiger partial charge in [-0.2, -0.15) is 0 Å². The summed E-state index contributed by atoms with van der Waals surface area (Å²) in [5, 5.41) is 5.65. The van der Waals surface area contributed by atoms with E-state index in [4.69, 9.17) is 80.5 Å². The summed E-state index contributed by atoms with van der Waals surface area (Å²) < 4.78 is 117. The topological polar surface area (TPSA) is 274 Å². The van der Waals surface area contributed by atoms with Crippen LogP contribution in [0.5, 0.6) is 0 Å². The Balaban J connectivity index is 0.875. The van der Waals surface area contributed by atoms with Gasteiger partial charge in [0, 0.05) is 18.1 Å². The Bertz CT molecular complexity index is 4700. The molecular formula is C90H87N3O21. The molecule has 0 N–H and O–H groups in total. The van der Waals surface area contributed by atoms with Crippen LogP contribution in [0, 0.1) is 0 Å². The first-order valence-corrected chi connectivity index (χ1v) is 38.0. The average molecular weight is 1550 g/mol. The number of esters is 4. The van der Waals surface area contributed by atoms with Gasteiger partial charge in [-0.05, 0) is 105 Å². The minimum atomic E-state index is -1.74. The van der Waals surface area contributed by atoms with Gasteiger partial charge in [-0.25, -0.2) is 19.2 Å². The van der Waals surface area contributed by atoms with Gasteiger partial charge in [0.2, 0.25) is 0 Å². The summed E-state index contributed by atoms with van der Waals surface area (Å²) in [6.45, 7) is -0.519. The molecule has 16 atom stereocenters. The fraction of sp³-hybridized carbons (Fsp3) is 0.311. The van der Waals surface area contributed by atoms with Gasteiger partial charge in [0.05, 0.1) is 68.5 Å². The second-order valence-corrected chi connectivity index (χ2v) is 27.5. The Kier molecular flexibility index (Phi) is 28.5. The number of benzene rings is 10. The van der Waals surface area contributed by atoms with E-state index < -0.39 is 135 Å². The van der Waals surface area contributed by atoms with Crippen LogP contribution in [-0.2, 0) is 114 Å². The fourth-order valence-corrected chi connectivity index (χ4v) is 13.9. The maximum Gasteiger partial charge on any atom is 0.338 e. The minimum Gasteiger partial charge on any atom is -0.459 e. The lowest BCUT2D eigenvalue weighted by atomic mass is 10.1. The molecule has 4 fully saturated rings. The highest BCUT2D eigenvalue weighted by Crippen LogP contribution is 2.41. The molecule has 0 spiro atoms. The van der Waals surface area contributed by atoms with Crippen molar-refractivity contribution >= 4 is 34.6 Å². The molecule has 588 valence electrons. The van der Waals surface area contributed by atoms with Gasteiger partial charge in [-0.3, -0.25) is 0 Å². The van der Waals surface area contributed by atoms with Gasteiger partial charge < -0.3 is 80.5 Å². The molecule has 14 rings (SSSR count). The number of hydrogen-bond acceptors (Lipinski definition) is 22. The molecule has 4 aliphatic rings. The van der Waals surface area contributed by atoms with E-state index in [9.17, 15) is 24.7 Å².